The monoisotopic (exact) mass is 367 g/mol. The minimum atomic E-state index is -1.12. The molecular weight excluding hydrogens is 358 g/mol. The van der Waals surface area contributed by atoms with Gasteiger partial charge in [0.1, 0.15) is 0 Å². The normalized spacial score (nSPS) is 10.2. The third kappa shape index (κ3) is 3.43. The van der Waals surface area contributed by atoms with Gasteiger partial charge in [-0.15, -0.1) is 0 Å². The van der Waals surface area contributed by atoms with E-state index in [-0.39, 0.29) is 16.8 Å². The predicted molar refractivity (Wildman–Crippen MR) is 85.2 cm³/mol. The Morgan fingerprint density at radius 1 is 1.19 bits per heavy atom. The van der Waals surface area contributed by atoms with Crippen molar-refractivity contribution in [1.82, 2.24) is 0 Å². The summed E-state index contributed by atoms with van der Waals surface area (Å²) in [5.41, 5.74) is 1.42. The summed E-state index contributed by atoms with van der Waals surface area (Å²) in [6.07, 6.45) is 0. The number of amides is 1. The van der Waals surface area contributed by atoms with Crippen molar-refractivity contribution in [2.75, 3.05) is 5.32 Å². The van der Waals surface area contributed by atoms with E-state index in [1.54, 1.807) is 30.3 Å². The standard InChI is InChI=1S/C15H11BrClNO3/c1-8-5-6-9(12(17)7-8)14(19)18-13-10(15(20)21)3-2-4-11(13)16/h2-7H,1H3,(H,18,19)(H,20,21). The zero-order valence-electron chi connectivity index (χ0n) is 11.0. The predicted octanol–water partition coefficient (Wildman–Crippen LogP) is 4.36. The number of halogens is 2. The number of anilines is 1. The lowest BCUT2D eigenvalue weighted by Crippen LogP contribution is -2.15. The number of nitrogens with one attached hydrogen (secondary N) is 1. The van der Waals surface area contributed by atoms with Crippen LogP contribution < -0.4 is 5.32 Å². The molecule has 108 valence electrons. The van der Waals surface area contributed by atoms with Crippen LogP contribution in [-0.2, 0) is 0 Å². The lowest BCUT2D eigenvalue weighted by atomic mass is 10.1. The first-order valence-corrected chi connectivity index (χ1v) is 7.16. The second kappa shape index (κ2) is 6.28. The highest BCUT2D eigenvalue weighted by molar-refractivity contribution is 9.10. The fourth-order valence-corrected chi connectivity index (χ4v) is 2.60. The second-order valence-corrected chi connectivity index (χ2v) is 5.67. The van der Waals surface area contributed by atoms with Crippen LogP contribution in [0, 0.1) is 6.92 Å². The van der Waals surface area contributed by atoms with Gasteiger partial charge in [-0.3, -0.25) is 4.79 Å². The highest BCUT2D eigenvalue weighted by Gasteiger charge is 2.17. The average Bonchev–Trinajstić information content (AvgIpc) is 2.40. The van der Waals surface area contributed by atoms with E-state index in [2.05, 4.69) is 21.2 Å². The van der Waals surface area contributed by atoms with Crippen molar-refractivity contribution < 1.29 is 14.7 Å². The van der Waals surface area contributed by atoms with Gasteiger partial charge in [-0.25, -0.2) is 4.79 Å². The Bertz CT molecular complexity index is 731. The Balaban J connectivity index is 2.38. The molecule has 0 heterocycles. The quantitative estimate of drug-likeness (QED) is 0.846. The summed E-state index contributed by atoms with van der Waals surface area (Å²) in [5, 5.41) is 12.1. The van der Waals surface area contributed by atoms with Gasteiger partial charge < -0.3 is 10.4 Å². The lowest BCUT2D eigenvalue weighted by molar-refractivity contribution is 0.0698. The number of hydrogen-bond donors (Lipinski definition) is 2. The first-order chi connectivity index (χ1) is 9.90. The van der Waals surface area contributed by atoms with Crippen LogP contribution in [0.3, 0.4) is 0 Å². The number of rotatable bonds is 3. The largest absolute Gasteiger partial charge is 0.478 e. The van der Waals surface area contributed by atoms with Crippen molar-refractivity contribution >= 4 is 45.1 Å². The number of carboxylic acids is 1. The highest BCUT2D eigenvalue weighted by Crippen LogP contribution is 2.28. The fourth-order valence-electron chi connectivity index (χ4n) is 1.81. The van der Waals surface area contributed by atoms with Crippen LogP contribution in [-0.4, -0.2) is 17.0 Å². The van der Waals surface area contributed by atoms with Gasteiger partial charge in [-0.2, -0.15) is 0 Å². The molecule has 2 N–H and O–H groups in total. The molecule has 6 heteroatoms. The van der Waals surface area contributed by atoms with Gasteiger partial charge >= 0.3 is 5.97 Å². The topological polar surface area (TPSA) is 66.4 Å². The average molecular weight is 369 g/mol. The van der Waals surface area contributed by atoms with Gasteiger partial charge in [0.15, 0.2) is 0 Å². The van der Waals surface area contributed by atoms with Crippen LogP contribution in [0.5, 0.6) is 0 Å². The van der Waals surface area contributed by atoms with E-state index in [1.165, 1.54) is 6.07 Å². The molecule has 4 nitrogen and oxygen atoms in total. The number of carbonyl (C=O) groups is 2. The Hall–Kier alpha value is -1.85. The summed E-state index contributed by atoms with van der Waals surface area (Å²) in [6, 6.07) is 9.69. The summed E-state index contributed by atoms with van der Waals surface area (Å²) in [5.74, 6) is -1.59. The van der Waals surface area contributed by atoms with Crippen molar-refractivity contribution in [3.8, 4) is 0 Å². The van der Waals surface area contributed by atoms with Crippen molar-refractivity contribution in [3.05, 3.63) is 62.6 Å². The van der Waals surface area contributed by atoms with E-state index < -0.39 is 11.9 Å². The molecule has 0 unspecified atom stereocenters. The number of benzene rings is 2. The molecule has 0 aromatic heterocycles. The Morgan fingerprint density at radius 3 is 2.52 bits per heavy atom. The van der Waals surface area contributed by atoms with E-state index in [9.17, 15) is 9.59 Å². The maximum Gasteiger partial charge on any atom is 0.337 e. The number of carbonyl (C=O) groups excluding carboxylic acids is 1. The molecular formula is C15H11BrClNO3. The van der Waals surface area contributed by atoms with Crippen molar-refractivity contribution in [2.45, 2.75) is 6.92 Å². The molecule has 0 saturated carbocycles. The molecule has 0 spiro atoms. The Labute approximate surface area is 134 Å². The van der Waals surface area contributed by atoms with E-state index >= 15 is 0 Å². The molecule has 2 aromatic rings. The molecule has 1 amide bonds. The number of aryl methyl sites for hydroxylation is 1. The molecule has 0 aliphatic carbocycles. The minimum absolute atomic E-state index is 0.000888. The SMILES string of the molecule is Cc1ccc(C(=O)Nc2c(Br)cccc2C(=O)O)c(Cl)c1. The molecule has 0 radical (unpaired) electrons. The maximum atomic E-state index is 12.3. The second-order valence-electron chi connectivity index (χ2n) is 4.40. The highest BCUT2D eigenvalue weighted by atomic mass is 79.9. The van der Waals surface area contributed by atoms with Crippen LogP contribution in [0.4, 0.5) is 5.69 Å². The number of para-hydroxylation sites is 1. The van der Waals surface area contributed by atoms with E-state index in [0.717, 1.165) is 5.56 Å². The van der Waals surface area contributed by atoms with Gasteiger partial charge in [-0.05, 0) is 52.7 Å². The van der Waals surface area contributed by atoms with Crippen LogP contribution in [0.2, 0.25) is 5.02 Å². The number of hydrogen-bond acceptors (Lipinski definition) is 2. The smallest absolute Gasteiger partial charge is 0.337 e. The molecule has 0 atom stereocenters. The fraction of sp³-hybridized carbons (Fsp3) is 0.0667. The Morgan fingerprint density at radius 2 is 1.90 bits per heavy atom. The van der Waals surface area contributed by atoms with E-state index in [0.29, 0.717) is 9.50 Å². The van der Waals surface area contributed by atoms with Crippen molar-refractivity contribution in [3.63, 3.8) is 0 Å². The lowest BCUT2D eigenvalue weighted by Gasteiger charge is -2.11. The molecule has 21 heavy (non-hydrogen) atoms. The minimum Gasteiger partial charge on any atom is -0.478 e. The molecule has 0 aliphatic rings. The number of carboxylic acid groups (broad SMARTS) is 1. The summed E-state index contributed by atoms with van der Waals surface area (Å²) >= 11 is 9.28. The van der Waals surface area contributed by atoms with Gasteiger partial charge in [0.05, 0.1) is 21.8 Å². The molecule has 0 fully saturated rings. The van der Waals surface area contributed by atoms with Crippen LogP contribution in [0.1, 0.15) is 26.3 Å². The molecule has 2 rings (SSSR count). The van der Waals surface area contributed by atoms with E-state index in [4.69, 9.17) is 16.7 Å². The first kappa shape index (κ1) is 15.5. The maximum absolute atomic E-state index is 12.3. The molecule has 0 aliphatic heterocycles. The summed E-state index contributed by atoms with van der Waals surface area (Å²) in [4.78, 5) is 23.5. The van der Waals surface area contributed by atoms with Crippen molar-refractivity contribution in [1.29, 1.82) is 0 Å². The zero-order chi connectivity index (χ0) is 15.6. The van der Waals surface area contributed by atoms with Crippen LogP contribution in [0.15, 0.2) is 40.9 Å². The van der Waals surface area contributed by atoms with Gasteiger partial charge in [0, 0.05) is 4.47 Å². The summed E-state index contributed by atoms with van der Waals surface area (Å²) < 4.78 is 0.485. The van der Waals surface area contributed by atoms with Crippen molar-refractivity contribution in [2.24, 2.45) is 0 Å². The van der Waals surface area contributed by atoms with Gasteiger partial charge in [-0.1, -0.05) is 23.7 Å². The molecule has 0 bridgehead atoms. The van der Waals surface area contributed by atoms with E-state index in [1.807, 2.05) is 6.92 Å². The third-order valence-electron chi connectivity index (χ3n) is 2.85. The number of aromatic carboxylic acids is 1. The molecule has 0 saturated heterocycles. The van der Waals surface area contributed by atoms with Crippen LogP contribution >= 0.6 is 27.5 Å². The third-order valence-corrected chi connectivity index (χ3v) is 3.83. The summed E-state index contributed by atoms with van der Waals surface area (Å²) in [6.45, 7) is 1.86. The van der Waals surface area contributed by atoms with Gasteiger partial charge in [0.2, 0.25) is 0 Å². The first-order valence-electron chi connectivity index (χ1n) is 5.99. The molecule has 2 aromatic carbocycles. The zero-order valence-corrected chi connectivity index (χ0v) is 13.3. The Kier molecular flexibility index (Phi) is 4.65. The van der Waals surface area contributed by atoms with Gasteiger partial charge in [0.25, 0.3) is 5.91 Å². The summed E-state index contributed by atoms with van der Waals surface area (Å²) in [7, 11) is 0. The van der Waals surface area contributed by atoms with Crippen LogP contribution in [0.25, 0.3) is 0 Å².